The van der Waals surface area contributed by atoms with Crippen molar-refractivity contribution in [1.29, 1.82) is 0 Å². The van der Waals surface area contributed by atoms with Gasteiger partial charge < -0.3 is 20.1 Å². The van der Waals surface area contributed by atoms with Crippen molar-refractivity contribution >= 4 is 23.6 Å². The summed E-state index contributed by atoms with van der Waals surface area (Å²) in [5.41, 5.74) is 0.388. The Morgan fingerprint density at radius 2 is 2.00 bits per heavy atom. The monoisotopic (exact) mass is 382 g/mol. The summed E-state index contributed by atoms with van der Waals surface area (Å²) in [6.45, 7) is 5.90. The maximum atomic E-state index is 12.3. The molecule has 6 nitrogen and oxygen atoms in total. The minimum atomic E-state index is -0.860. The fourth-order valence-electron chi connectivity index (χ4n) is 2.78. The van der Waals surface area contributed by atoms with Crippen LogP contribution in [0.1, 0.15) is 32.8 Å². The molecule has 1 saturated heterocycles. The van der Waals surface area contributed by atoms with Gasteiger partial charge in [0.05, 0.1) is 18.7 Å². The van der Waals surface area contributed by atoms with Crippen molar-refractivity contribution in [2.45, 2.75) is 56.7 Å². The number of aliphatic hydroxyl groups is 1. The predicted molar refractivity (Wildman–Crippen MR) is 100 cm³/mol. The van der Waals surface area contributed by atoms with Crippen LogP contribution in [-0.4, -0.2) is 58.2 Å². The standard InChI is InChI=1S/C19H27ClN2O4/c1-19(2,3)26-18(25)22-10-9-15(16(23)12-22)21-17(24)14(20)11-13-7-5-4-6-8-13/h4-8,14-16,23H,9-12H2,1-3H3,(H,21,24). The smallest absolute Gasteiger partial charge is 0.410 e. The molecular formula is C19H27ClN2O4. The number of ether oxygens (including phenoxy) is 1. The Labute approximate surface area is 159 Å². The highest BCUT2D eigenvalue weighted by Crippen LogP contribution is 2.17. The molecule has 1 fully saturated rings. The summed E-state index contributed by atoms with van der Waals surface area (Å²) in [5.74, 6) is -0.315. The molecule has 0 aromatic heterocycles. The number of halogens is 1. The van der Waals surface area contributed by atoms with Crippen LogP contribution in [0.15, 0.2) is 30.3 Å². The van der Waals surface area contributed by atoms with Crippen molar-refractivity contribution in [3.05, 3.63) is 35.9 Å². The van der Waals surface area contributed by atoms with E-state index in [9.17, 15) is 14.7 Å². The molecule has 1 aliphatic heterocycles. The normalized spacial score (nSPS) is 21.8. The number of nitrogens with zero attached hydrogens (tertiary/aromatic N) is 1. The SMILES string of the molecule is CC(C)(C)OC(=O)N1CCC(NC(=O)C(Cl)Cc2ccccc2)C(O)C1. The van der Waals surface area contributed by atoms with E-state index in [1.165, 1.54) is 4.90 Å². The molecule has 0 radical (unpaired) electrons. The average Bonchev–Trinajstić information content (AvgIpc) is 2.55. The van der Waals surface area contributed by atoms with Gasteiger partial charge in [0.2, 0.25) is 5.91 Å². The van der Waals surface area contributed by atoms with Crippen LogP contribution in [0.4, 0.5) is 4.79 Å². The third-order valence-electron chi connectivity index (χ3n) is 4.10. The molecule has 3 unspecified atom stereocenters. The minimum absolute atomic E-state index is 0.117. The first-order chi connectivity index (χ1) is 12.2. The molecule has 1 aromatic rings. The maximum absolute atomic E-state index is 12.3. The third kappa shape index (κ3) is 6.18. The summed E-state index contributed by atoms with van der Waals surface area (Å²) in [4.78, 5) is 25.8. The zero-order chi connectivity index (χ0) is 19.3. The van der Waals surface area contributed by atoms with Crippen LogP contribution in [0.5, 0.6) is 0 Å². The number of rotatable bonds is 4. The van der Waals surface area contributed by atoms with Gasteiger partial charge in [0, 0.05) is 6.54 Å². The van der Waals surface area contributed by atoms with E-state index < -0.39 is 29.2 Å². The molecule has 0 bridgehead atoms. The van der Waals surface area contributed by atoms with E-state index in [-0.39, 0.29) is 12.5 Å². The predicted octanol–water partition coefficient (Wildman–Crippen LogP) is 2.32. The summed E-state index contributed by atoms with van der Waals surface area (Å²) in [6, 6.07) is 9.09. The van der Waals surface area contributed by atoms with Crippen molar-refractivity contribution < 1.29 is 19.4 Å². The number of β-amino-alcohol motifs (C(OH)–C–C–N with tert-alkyl or cyclic N) is 1. The topological polar surface area (TPSA) is 78.9 Å². The van der Waals surface area contributed by atoms with E-state index >= 15 is 0 Å². The number of aliphatic hydroxyl groups excluding tert-OH is 1. The lowest BCUT2D eigenvalue weighted by Gasteiger charge is -2.37. The van der Waals surface area contributed by atoms with Gasteiger partial charge >= 0.3 is 6.09 Å². The maximum Gasteiger partial charge on any atom is 0.410 e. The minimum Gasteiger partial charge on any atom is -0.444 e. The summed E-state index contributed by atoms with van der Waals surface area (Å²) < 4.78 is 5.31. The molecule has 7 heteroatoms. The van der Waals surface area contributed by atoms with Gasteiger partial charge in [0.15, 0.2) is 0 Å². The summed E-state index contributed by atoms with van der Waals surface area (Å²) >= 11 is 6.21. The number of nitrogens with one attached hydrogen (secondary N) is 1. The Balaban J connectivity index is 1.83. The number of hydrogen-bond donors (Lipinski definition) is 2. The van der Waals surface area contributed by atoms with E-state index in [0.29, 0.717) is 19.4 Å². The number of benzene rings is 1. The molecule has 2 rings (SSSR count). The highest BCUT2D eigenvalue weighted by Gasteiger charge is 2.34. The molecule has 2 N–H and O–H groups in total. The highest BCUT2D eigenvalue weighted by atomic mass is 35.5. The van der Waals surface area contributed by atoms with Crippen LogP contribution >= 0.6 is 11.6 Å². The number of hydrogen-bond acceptors (Lipinski definition) is 4. The molecule has 1 heterocycles. The molecule has 0 saturated carbocycles. The van der Waals surface area contributed by atoms with Gasteiger partial charge in [-0.15, -0.1) is 11.6 Å². The molecule has 1 aromatic carbocycles. The van der Waals surface area contributed by atoms with Gasteiger partial charge in [-0.05, 0) is 39.2 Å². The van der Waals surface area contributed by atoms with E-state index in [1.54, 1.807) is 20.8 Å². The molecule has 0 aliphatic carbocycles. The largest absolute Gasteiger partial charge is 0.444 e. The van der Waals surface area contributed by atoms with Gasteiger partial charge in [-0.1, -0.05) is 30.3 Å². The van der Waals surface area contributed by atoms with Crippen molar-refractivity contribution in [1.82, 2.24) is 10.2 Å². The molecule has 26 heavy (non-hydrogen) atoms. The summed E-state index contributed by atoms with van der Waals surface area (Å²) in [7, 11) is 0. The van der Waals surface area contributed by atoms with Crippen molar-refractivity contribution in [2.24, 2.45) is 0 Å². The van der Waals surface area contributed by atoms with Crippen LogP contribution < -0.4 is 5.32 Å². The van der Waals surface area contributed by atoms with Gasteiger partial charge in [0.25, 0.3) is 0 Å². The molecule has 1 aliphatic rings. The second-order valence-corrected chi connectivity index (χ2v) is 8.08. The van der Waals surface area contributed by atoms with Crippen molar-refractivity contribution in [3.63, 3.8) is 0 Å². The molecule has 3 atom stereocenters. The van der Waals surface area contributed by atoms with Crippen LogP contribution in [0.3, 0.4) is 0 Å². The quantitative estimate of drug-likeness (QED) is 0.783. The van der Waals surface area contributed by atoms with Gasteiger partial charge in [-0.25, -0.2) is 4.79 Å². The van der Waals surface area contributed by atoms with Gasteiger partial charge in [-0.3, -0.25) is 4.79 Å². The van der Waals surface area contributed by atoms with Gasteiger partial charge in [-0.2, -0.15) is 0 Å². The molecule has 144 valence electrons. The average molecular weight is 383 g/mol. The Morgan fingerprint density at radius 1 is 1.35 bits per heavy atom. The fraction of sp³-hybridized carbons (Fsp3) is 0.579. The number of carbonyl (C=O) groups is 2. The zero-order valence-electron chi connectivity index (χ0n) is 15.4. The Bertz CT molecular complexity index is 618. The first kappa shape index (κ1) is 20.5. The lowest BCUT2D eigenvalue weighted by molar-refractivity contribution is -0.122. The Kier molecular flexibility index (Phi) is 6.89. The Morgan fingerprint density at radius 3 is 2.58 bits per heavy atom. The second kappa shape index (κ2) is 8.73. The number of alkyl halides is 1. The van der Waals surface area contributed by atoms with Crippen LogP contribution in [0.2, 0.25) is 0 Å². The van der Waals surface area contributed by atoms with E-state index in [0.717, 1.165) is 5.56 Å². The number of piperidine rings is 1. The summed E-state index contributed by atoms with van der Waals surface area (Å²) in [6.07, 6.45) is -0.455. The van der Waals surface area contributed by atoms with E-state index in [4.69, 9.17) is 16.3 Å². The van der Waals surface area contributed by atoms with Crippen LogP contribution in [0, 0.1) is 0 Å². The first-order valence-electron chi connectivity index (χ1n) is 8.80. The number of likely N-dealkylation sites (tertiary alicyclic amines) is 1. The summed E-state index contributed by atoms with van der Waals surface area (Å²) in [5, 5.41) is 12.4. The van der Waals surface area contributed by atoms with E-state index in [1.807, 2.05) is 30.3 Å². The third-order valence-corrected chi connectivity index (χ3v) is 4.46. The zero-order valence-corrected chi connectivity index (χ0v) is 16.2. The Hall–Kier alpha value is -1.79. The number of carbonyl (C=O) groups excluding carboxylic acids is 2. The lowest BCUT2D eigenvalue weighted by Crippen LogP contribution is -2.56. The van der Waals surface area contributed by atoms with Crippen molar-refractivity contribution in [3.8, 4) is 0 Å². The number of amides is 2. The molecular weight excluding hydrogens is 356 g/mol. The lowest BCUT2D eigenvalue weighted by atomic mass is 10.0. The second-order valence-electron chi connectivity index (χ2n) is 7.55. The van der Waals surface area contributed by atoms with Gasteiger partial charge in [0.1, 0.15) is 11.0 Å². The van der Waals surface area contributed by atoms with Crippen LogP contribution in [0.25, 0.3) is 0 Å². The van der Waals surface area contributed by atoms with Crippen LogP contribution in [-0.2, 0) is 16.0 Å². The first-order valence-corrected chi connectivity index (χ1v) is 9.24. The van der Waals surface area contributed by atoms with E-state index in [2.05, 4.69) is 5.32 Å². The fourth-order valence-corrected chi connectivity index (χ4v) is 3.02. The molecule has 2 amide bonds. The highest BCUT2D eigenvalue weighted by molar-refractivity contribution is 6.30. The molecule has 0 spiro atoms. The van der Waals surface area contributed by atoms with Crippen molar-refractivity contribution in [2.75, 3.05) is 13.1 Å².